The topological polar surface area (TPSA) is 84.5 Å². The van der Waals surface area contributed by atoms with Crippen LogP contribution in [0.15, 0.2) is 18.2 Å². The molecule has 0 spiro atoms. The Balaban J connectivity index is 2.98. The normalized spacial score (nSPS) is 14.4. The molecule has 0 heterocycles. The van der Waals surface area contributed by atoms with Crippen molar-refractivity contribution in [2.24, 2.45) is 0 Å². The van der Waals surface area contributed by atoms with Gasteiger partial charge in [0.15, 0.2) is 6.10 Å². The monoisotopic (exact) mass is 213 g/mol. The number of aliphatic hydroxyl groups is 2. The summed E-state index contributed by atoms with van der Waals surface area (Å²) < 4.78 is 0. The summed E-state index contributed by atoms with van der Waals surface area (Å²) in [6, 6.07) is 5.46. The van der Waals surface area contributed by atoms with Crippen LogP contribution in [0.4, 0.5) is 0 Å². The lowest BCUT2D eigenvalue weighted by Crippen LogP contribution is -2.15. The van der Waals surface area contributed by atoms with E-state index in [0.29, 0.717) is 0 Å². The van der Waals surface area contributed by atoms with Gasteiger partial charge in [0.1, 0.15) is 11.9 Å². The average molecular weight is 214 g/mol. The number of rotatable bonds is 2. The van der Waals surface area contributed by atoms with Crippen LogP contribution in [0.1, 0.15) is 11.7 Å². The second-order valence-electron chi connectivity index (χ2n) is 2.73. The van der Waals surface area contributed by atoms with Crippen LogP contribution >= 0.6 is 11.6 Å². The van der Waals surface area contributed by atoms with Gasteiger partial charge in [0.25, 0.3) is 0 Å². The molecule has 4 nitrogen and oxygen atoms in total. The van der Waals surface area contributed by atoms with Gasteiger partial charge in [0.2, 0.25) is 0 Å². The summed E-state index contributed by atoms with van der Waals surface area (Å²) in [6.45, 7) is 0. The predicted octanol–water partition coefficient (Wildman–Crippen LogP) is 0.963. The zero-order valence-corrected chi connectivity index (χ0v) is 7.81. The van der Waals surface area contributed by atoms with Gasteiger partial charge in [0.05, 0.1) is 11.1 Å². The Hall–Kier alpha value is -1.28. The lowest BCUT2D eigenvalue weighted by molar-refractivity contribution is 0.0528. The molecule has 2 atom stereocenters. The van der Waals surface area contributed by atoms with Crippen molar-refractivity contribution in [3.8, 4) is 11.8 Å². The predicted molar refractivity (Wildman–Crippen MR) is 49.7 cm³/mol. The lowest BCUT2D eigenvalue weighted by Gasteiger charge is -2.12. The van der Waals surface area contributed by atoms with E-state index in [2.05, 4.69) is 0 Å². The molecule has 0 aliphatic rings. The highest BCUT2D eigenvalue weighted by molar-refractivity contribution is 6.32. The molecule has 0 saturated carbocycles. The minimum Gasteiger partial charge on any atom is -0.506 e. The van der Waals surface area contributed by atoms with Crippen molar-refractivity contribution < 1.29 is 15.3 Å². The molecule has 2 unspecified atom stereocenters. The van der Waals surface area contributed by atoms with Gasteiger partial charge in [-0.3, -0.25) is 0 Å². The number of aliphatic hydroxyl groups excluding tert-OH is 2. The first-order valence-electron chi connectivity index (χ1n) is 3.80. The number of hydrogen-bond donors (Lipinski definition) is 3. The number of phenols is 1. The van der Waals surface area contributed by atoms with E-state index in [1.807, 2.05) is 0 Å². The summed E-state index contributed by atoms with van der Waals surface area (Å²) in [4.78, 5) is 0. The van der Waals surface area contributed by atoms with E-state index < -0.39 is 12.2 Å². The van der Waals surface area contributed by atoms with Gasteiger partial charge in [-0.15, -0.1) is 0 Å². The van der Waals surface area contributed by atoms with E-state index in [4.69, 9.17) is 27.1 Å². The number of aromatic hydroxyl groups is 1. The first kappa shape index (κ1) is 10.8. The van der Waals surface area contributed by atoms with Crippen LogP contribution in [-0.2, 0) is 0 Å². The Morgan fingerprint density at radius 2 is 2.00 bits per heavy atom. The SMILES string of the molecule is N#CC(O)C(O)c1ccc(O)c(Cl)c1. The molecule has 1 aromatic carbocycles. The van der Waals surface area contributed by atoms with Crippen LogP contribution in [0.25, 0.3) is 0 Å². The van der Waals surface area contributed by atoms with Gasteiger partial charge in [0, 0.05) is 0 Å². The molecule has 0 fully saturated rings. The summed E-state index contributed by atoms with van der Waals surface area (Å²) in [5.74, 6) is -0.117. The van der Waals surface area contributed by atoms with E-state index >= 15 is 0 Å². The minimum atomic E-state index is -1.50. The number of phenolic OH excluding ortho intramolecular Hbond substituents is 1. The maximum absolute atomic E-state index is 9.39. The Morgan fingerprint density at radius 3 is 2.50 bits per heavy atom. The van der Waals surface area contributed by atoms with Crippen LogP contribution in [0.3, 0.4) is 0 Å². The minimum absolute atomic E-state index is 0.0617. The third kappa shape index (κ3) is 2.15. The molecule has 0 amide bonds. The smallest absolute Gasteiger partial charge is 0.170 e. The van der Waals surface area contributed by atoms with Gasteiger partial charge in [-0.2, -0.15) is 5.26 Å². The van der Waals surface area contributed by atoms with Crippen molar-refractivity contribution in [2.45, 2.75) is 12.2 Å². The average Bonchev–Trinajstić information content (AvgIpc) is 2.20. The fourth-order valence-electron chi connectivity index (χ4n) is 0.960. The van der Waals surface area contributed by atoms with E-state index in [1.165, 1.54) is 24.3 Å². The molecule has 0 radical (unpaired) electrons. The van der Waals surface area contributed by atoms with Gasteiger partial charge >= 0.3 is 0 Å². The molecule has 0 aliphatic heterocycles. The van der Waals surface area contributed by atoms with Crippen LogP contribution in [-0.4, -0.2) is 21.4 Å². The van der Waals surface area contributed by atoms with Crippen molar-refractivity contribution in [2.75, 3.05) is 0 Å². The number of benzene rings is 1. The van der Waals surface area contributed by atoms with Gasteiger partial charge in [-0.1, -0.05) is 17.7 Å². The summed E-state index contributed by atoms with van der Waals surface area (Å²) in [5.41, 5.74) is 0.279. The number of hydrogen-bond acceptors (Lipinski definition) is 4. The zero-order chi connectivity index (χ0) is 10.7. The van der Waals surface area contributed by atoms with Gasteiger partial charge in [-0.25, -0.2) is 0 Å². The number of halogens is 1. The van der Waals surface area contributed by atoms with Crippen LogP contribution in [0.2, 0.25) is 5.02 Å². The molecular weight excluding hydrogens is 206 g/mol. The summed E-state index contributed by atoms with van der Waals surface area (Å²) in [5, 5.41) is 35.9. The van der Waals surface area contributed by atoms with E-state index in [1.54, 1.807) is 0 Å². The first-order valence-corrected chi connectivity index (χ1v) is 4.18. The summed E-state index contributed by atoms with van der Waals surface area (Å²) in [6.07, 6.45) is -2.83. The fraction of sp³-hybridized carbons (Fsp3) is 0.222. The maximum Gasteiger partial charge on any atom is 0.170 e. The molecule has 1 aromatic rings. The van der Waals surface area contributed by atoms with E-state index in [9.17, 15) is 5.11 Å². The van der Waals surface area contributed by atoms with E-state index in [0.717, 1.165) is 0 Å². The lowest BCUT2D eigenvalue weighted by atomic mass is 10.1. The van der Waals surface area contributed by atoms with E-state index in [-0.39, 0.29) is 16.3 Å². The van der Waals surface area contributed by atoms with Gasteiger partial charge in [-0.05, 0) is 17.7 Å². The molecule has 0 saturated heterocycles. The number of nitrogens with zero attached hydrogens (tertiary/aromatic N) is 1. The maximum atomic E-state index is 9.39. The Morgan fingerprint density at radius 1 is 1.36 bits per heavy atom. The second kappa shape index (κ2) is 4.29. The quantitative estimate of drug-likeness (QED) is 0.639. The standard InChI is InChI=1S/C9H8ClNO3/c10-6-3-5(1-2-7(6)12)9(14)8(13)4-11/h1-3,8-9,12-14H. The number of nitriles is 1. The molecule has 14 heavy (non-hydrogen) atoms. The third-order valence-electron chi connectivity index (χ3n) is 1.74. The first-order chi connectivity index (χ1) is 6.56. The van der Waals surface area contributed by atoms with Crippen molar-refractivity contribution in [1.82, 2.24) is 0 Å². The van der Waals surface area contributed by atoms with Crippen LogP contribution in [0, 0.1) is 11.3 Å². The summed E-state index contributed by atoms with van der Waals surface area (Å²) >= 11 is 5.58. The summed E-state index contributed by atoms with van der Waals surface area (Å²) in [7, 11) is 0. The Bertz CT molecular complexity index is 375. The fourth-order valence-corrected chi connectivity index (χ4v) is 1.15. The van der Waals surface area contributed by atoms with Crippen molar-refractivity contribution >= 4 is 11.6 Å². The molecular formula is C9H8ClNO3. The third-order valence-corrected chi connectivity index (χ3v) is 2.05. The zero-order valence-electron chi connectivity index (χ0n) is 7.05. The van der Waals surface area contributed by atoms with Crippen LogP contribution < -0.4 is 0 Å². The molecule has 3 N–H and O–H groups in total. The van der Waals surface area contributed by atoms with Crippen molar-refractivity contribution in [3.05, 3.63) is 28.8 Å². The molecule has 0 aliphatic carbocycles. The Kier molecular flexibility index (Phi) is 3.31. The second-order valence-corrected chi connectivity index (χ2v) is 3.14. The van der Waals surface area contributed by atoms with Crippen molar-refractivity contribution in [3.63, 3.8) is 0 Å². The largest absolute Gasteiger partial charge is 0.506 e. The highest BCUT2D eigenvalue weighted by Crippen LogP contribution is 2.27. The van der Waals surface area contributed by atoms with Gasteiger partial charge < -0.3 is 15.3 Å². The van der Waals surface area contributed by atoms with Crippen molar-refractivity contribution in [1.29, 1.82) is 5.26 Å². The highest BCUT2D eigenvalue weighted by atomic mass is 35.5. The molecule has 5 heteroatoms. The molecule has 74 valence electrons. The Labute approximate surface area is 85.6 Å². The molecule has 1 rings (SSSR count). The van der Waals surface area contributed by atoms with Crippen LogP contribution in [0.5, 0.6) is 5.75 Å². The molecule has 0 aromatic heterocycles. The highest BCUT2D eigenvalue weighted by Gasteiger charge is 2.18. The molecule has 0 bridgehead atoms.